The second-order valence-corrected chi connectivity index (χ2v) is 5.68. The minimum Gasteiger partial charge on any atom is -0.492 e. The van der Waals surface area contributed by atoms with Crippen LogP contribution < -0.4 is 10.5 Å². The quantitative estimate of drug-likeness (QED) is 0.878. The highest BCUT2D eigenvalue weighted by atomic mass is 16.5. The van der Waals surface area contributed by atoms with Crippen molar-refractivity contribution >= 4 is 0 Å². The molecule has 1 heterocycles. The van der Waals surface area contributed by atoms with Gasteiger partial charge in [0.05, 0.1) is 18.3 Å². The van der Waals surface area contributed by atoms with Crippen molar-refractivity contribution < 1.29 is 4.74 Å². The van der Waals surface area contributed by atoms with Gasteiger partial charge in [-0.3, -0.25) is 4.98 Å². The number of aromatic nitrogens is 1. The van der Waals surface area contributed by atoms with Crippen molar-refractivity contribution in [3.63, 3.8) is 0 Å². The number of ether oxygens (including phenoxy) is 1. The molecule has 1 aromatic carbocycles. The Hall–Kier alpha value is -1.87. The van der Waals surface area contributed by atoms with Crippen LogP contribution in [0.4, 0.5) is 0 Å². The third-order valence-electron chi connectivity index (χ3n) is 4.30. The Morgan fingerprint density at radius 2 is 2.10 bits per heavy atom. The molecule has 0 fully saturated rings. The van der Waals surface area contributed by atoms with Gasteiger partial charge in [0, 0.05) is 6.20 Å². The van der Waals surface area contributed by atoms with Crippen LogP contribution in [0.3, 0.4) is 0 Å². The van der Waals surface area contributed by atoms with Gasteiger partial charge in [-0.25, -0.2) is 0 Å². The summed E-state index contributed by atoms with van der Waals surface area (Å²) in [5.74, 6) is 0.793. The zero-order chi connectivity index (χ0) is 14.7. The molecule has 0 saturated heterocycles. The molecule has 0 spiro atoms. The molecule has 2 N–H and O–H groups in total. The van der Waals surface area contributed by atoms with E-state index in [1.54, 1.807) is 6.20 Å². The van der Waals surface area contributed by atoms with Crippen molar-refractivity contribution in [2.24, 2.45) is 5.73 Å². The van der Waals surface area contributed by atoms with Gasteiger partial charge < -0.3 is 10.5 Å². The van der Waals surface area contributed by atoms with Crippen molar-refractivity contribution in [2.45, 2.75) is 38.1 Å². The van der Waals surface area contributed by atoms with Crippen LogP contribution in [-0.4, -0.2) is 11.6 Å². The number of fused-ring (bicyclic) bond motifs is 1. The van der Waals surface area contributed by atoms with Gasteiger partial charge in [0.2, 0.25) is 0 Å². The summed E-state index contributed by atoms with van der Waals surface area (Å²) in [5.41, 5.74) is 10.0. The highest BCUT2D eigenvalue weighted by molar-refractivity contribution is 5.44. The smallest absolute Gasteiger partial charge is 0.137 e. The third kappa shape index (κ3) is 2.66. The van der Waals surface area contributed by atoms with E-state index in [0.717, 1.165) is 30.6 Å². The lowest BCUT2D eigenvalue weighted by atomic mass is 9.80. The Kier molecular flexibility index (Phi) is 3.93. The molecule has 110 valence electrons. The summed E-state index contributed by atoms with van der Waals surface area (Å²) in [7, 11) is 0. The summed E-state index contributed by atoms with van der Waals surface area (Å²) >= 11 is 0. The van der Waals surface area contributed by atoms with E-state index >= 15 is 0 Å². The molecule has 1 aromatic heterocycles. The largest absolute Gasteiger partial charge is 0.492 e. The molecule has 3 heteroatoms. The van der Waals surface area contributed by atoms with Crippen molar-refractivity contribution in [1.29, 1.82) is 0 Å². The number of nitrogens with two attached hydrogens (primary N) is 1. The third-order valence-corrected chi connectivity index (χ3v) is 4.30. The maximum Gasteiger partial charge on any atom is 0.137 e. The van der Waals surface area contributed by atoms with E-state index in [0.29, 0.717) is 6.61 Å². The monoisotopic (exact) mass is 282 g/mol. The van der Waals surface area contributed by atoms with Crippen LogP contribution in [0.1, 0.15) is 42.9 Å². The number of hydrogen-bond acceptors (Lipinski definition) is 3. The molecule has 1 aliphatic carbocycles. The van der Waals surface area contributed by atoms with E-state index in [1.165, 1.54) is 17.5 Å². The SMILES string of the molecule is CCOc1cncc(C2(N)CCCCc3ccccc32)c1. The van der Waals surface area contributed by atoms with Crippen molar-refractivity contribution in [3.05, 3.63) is 59.4 Å². The normalized spacial score (nSPS) is 21.4. The second-order valence-electron chi connectivity index (χ2n) is 5.68. The minimum atomic E-state index is -0.465. The van der Waals surface area contributed by atoms with E-state index < -0.39 is 5.54 Å². The van der Waals surface area contributed by atoms with Crippen LogP contribution >= 0.6 is 0 Å². The van der Waals surface area contributed by atoms with Gasteiger partial charge in [0.25, 0.3) is 0 Å². The number of nitrogens with zero attached hydrogens (tertiary/aromatic N) is 1. The van der Waals surface area contributed by atoms with E-state index in [2.05, 4.69) is 29.2 Å². The Morgan fingerprint density at radius 3 is 2.95 bits per heavy atom. The van der Waals surface area contributed by atoms with Gasteiger partial charge in [-0.1, -0.05) is 30.7 Å². The van der Waals surface area contributed by atoms with Crippen molar-refractivity contribution in [1.82, 2.24) is 4.98 Å². The molecular weight excluding hydrogens is 260 g/mol. The van der Waals surface area contributed by atoms with Crippen molar-refractivity contribution in [3.8, 4) is 5.75 Å². The standard InChI is InChI=1S/C18H22N2O/c1-2-21-16-11-15(12-20-13-16)18(19)10-6-5-8-14-7-3-4-9-17(14)18/h3-4,7,9,11-13H,2,5-6,8,10,19H2,1H3. The number of hydrogen-bond donors (Lipinski definition) is 1. The molecule has 0 bridgehead atoms. The Bertz CT molecular complexity index is 626. The van der Waals surface area contributed by atoms with Crippen LogP contribution in [0.15, 0.2) is 42.7 Å². The predicted molar refractivity (Wildman–Crippen MR) is 84.4 cm³/mol. The molecular formula is C18H22N2O. The topological polar surface area (TPSA) is 48.1 Å². The van der Waals surface area contributed by atoms with Crippen LogP contribution in [0, 0.1) is 0 Å². The van der Waals surface area contributed by atoms with Crippen LogP contribution in [0.25, 0.3) is 0 Å². The molecule has 0 saturated carbocycles. The molecule has 3 rings (SSSR count). The van der Waals surface area contributed by atoms with Gasteiger partial charge in [-0.05, 0) is 48.9 Å². The Balaban J connectivity index is 2.09. The zero-order valence-electron chi connectivity index (χ0n) is 12.5. The summed E-state index contributed by atoms with van der Waals surface area (Å²) in [6.07, 6.45) is 8.00. The molecule has 21 heavy (non-hydrogen) atoms. The zero-order valence-corrected chi connectivity index (χ0v) is 12.5. The van der Waals surface area contributed by atoms with E-state index in [9.17, 15) is 0 Å². The Labute approximate surface area is 126 Å². The van der Waals surface area contributed by atoms with E-state index in [4.69, 9.17) is 10.5 Å². The lowest BCUT2D eigenvalue weighted by Gasteiger charge is -2.31. The van der Waals surface area contributed by atoms with Crippen molar-refractivity contribution in [2.75, 3.05) is 6.61 Å². The second kappa shape index (κ2) is 5.86. The number of rotatable bonds is 3. The van der Waals surface area contributed by atoms with Gasteiger partial charge in [-0.15, -0.1) is 0 Å². The van der Waals surface area contributed by atoms with E-state index in [1.807, 2.05) is 19.2 Å². The first-order valence-corrected chi connectivity index (χ1v) is 7.69. The molecule has 1 aliphatic rings. The fourth-order valence-electron chi connectivity index (χ4n) is 3.24. The van der Waals surface area contributed by atoms with Gasteiger partial charge in [0.15, 0.2) is 0 Å². The first-order chi connectivity index (χ1) is 10.2. The van der Waals surface area contributed by atoms with Gasteiger partial charge in [0.1, 0.15) is 5.75 Å². The highest BCUT2D eigenvalue weighted by Gasteiger charge is 2.33. The minimum absolute atomic E-state index is 0.465. The molecule has 1 unspecified atom stereocenters. The van der Waals surface area contributed by atoms with Crippen LogP contribution in [-0.2, 0) is 12.0 Å². The number of pyridine rings is 1. The maximum atomic E-state index is 6.86. The molecule has 1 atom stereocenters. The average Bonchev–Trinajstić information content (AvgIpc) is 2.69. The maximum absolute atomic E-state index is 6.86. The summed E-state index contributed by atoms with van der Waals surface area (Å²) in [5, 5.41) is 0. The summed E-state index contributed by atoms with van der Waals surface area (Å²) < 4.78 is 5.58. The summed E-state index contributed by atoms with van der Waals surface area (Å²) in [6.45, 7) is 2.62. The highest BCUT2D eigenvalue weighted by Crippen LogP contribution is 2.38. The van der Waals surface area contributed by atoms with Crippen LogP contribution in [0.2, 0.25) is 0 Å². The van der Waals surface area contributed by atoms with Gasteiger partial charge >= 0.3 is 0 Å². The number of benzene rings is 1. The first-order valence-electron chi connectivity index (χ1n) is 7.69. The van der Waals surface area contributed by atoms with Crippen LogP contribution in [0.5, 0.6) is 5.75 Å². The molecule has 2 aromatic rings. The molecule has 0 amide bonds. The molecule has 3 nitrogen and oxygen atoms in total. The fraction of sp³-hybridized carbons (Fsp3) is 0.389. The Morgan fingerprint density at radius 1 is 1.24 bits per heavy atom. The molecule has 0 radical (unpaired) electrons. The fourth-order valence-corrected chi connectivity index (χ4v) is 3.24. The number of aryl methyl sites for hydroxylation is 1. The molecule has 0 aliphatic heterocycles. The lowest BCUT2D eigenvalue weighted by molar-refractivity contribution is 0.337. The average molecular weight is 282 g/mol. The summed E-state index contributed by atoms with van der Waals surface area (Å²) in [4.78, 5) is 4.32. The lowest BCUT2D eigenvalue weighted by Crippen LogP contribution is -2.38. The van der Waals surface area contributed by atoms with E-state index in [-0.39, 0.29) is 0 Å². The van der Waals surface area contributed by atoms with Gasteiger partial charge in [-0.2, -0.15) is 0 Å². The predicted octanol–water partition coefficient (Wildman–Crippen LogP) is 3.41. The first kappa shape index (κ1) is 14.1. The summed E-state index contributed by atoms with van der Waals surface area (Å²) in [6, 6.07) is 10.6.